The molecule has 0 aliphatic carbocycles. The standard InChI is InChI=1S/C25H18ClN3O7/c1-34-22-13-19-16(12-20(22)28-23(30)24(31)32)21(9-10-27-19)35-15-7-8-18(17(26)11-15)29-25(33)36-14-5-3-2-4-6-14/h2-13H,1H3,(H,28,30)(H,29,33)(H,31,32). The molecule has 0 atom stereocenters. The van der Waals surface area contributed by atoms with Crippen molar-refractivity contribution >= 4 is 51.8 Å². The number of hydrogen-bond acceptors (Lipinski definition) is 7. The summed E-state index contributed by atoms with van der Waals surface area (Å²) in [5.41, 5.74) is 0.920. The van der Waals surface area contributed by atoms with E-state index in [-0.39, 0.29) is 16.5 Å². The molecule has 3 aromatic carbocycles. The Morgan fingerprint density at radius 2 is 1.67 bits per heavy atom. The van der Waals surface area contributed by atoms with Gasteiger partial charge in [-0.1, -0.05) is 29.8 Å². The van der Waals surface area contributed by atoms with Crippen LogP contribution in [0.3, 0.4) is 0 Å². The van der Waals surface area contributed by atoms with Crippen molar-refractivity contribution in [2.45, 2.75) is 0 Å². The van der Waals surface area contributed by atoms with E-state index in [1.54, 1.807) is 48.5 Å². The minimum absolute atomic E-state index is 0.129. The molecule has 36 heavy (non-hydrogen) atoms. The zero-order chi connectivity index (χ0) is 25.7. The van der Waals surface area contributed by atoms with Crippen LogP contribution in [-0.4, -0.2) is 35.2 Å². The molecule has 4 rings (SSSR count). The molecular formula is C25H18ClN3O7. The Balaban J connectivity index is 1.56. The first-order valence-corrected chi connectivity index (χ1v) is 10.7. The van der Waals surface area contributed by atoms with E-state index in [1.165, 1.54) is 31.5 Å². The number of aliphatic carboxylic acids is 1. The fourth-order valence-electron chi connectivity index (χ4n) is 3.20. The van der Waals surface area contributed by atoms with Gasteiger partial charge in [0.25, 0.3) is 0 Å². The Labute approximate surface area is 209 Å². The van der Waals surface area contributed by atoms with Gasteiger partial charge in [0.2, 0.25) is 0 Å². The Bertz CT molecular complexity index is 1460. The predicted octanol–water partition coefficient (Wildman–Crippen LogP) is 5.32. The van der Waals surface area contributed by atoms with Crippen LogP contribution in [0.5, 0.6) is 23.0 Å². The molecule has 182 valence electrons. The number of carbonyl (C=O) groups is 3. The van der Waals surface area contributed by atoms with E-state index >= 15 is 0 Å². The lowest BCUT2D eigenvalue weighted by Gasteiger charge is -2.14. The summed E-state index contributed by atoms with van der Waals surface area (Å²) in [5.74, 6) is -1.56. The summed E-state index contributed by atoms with van der Waals surface area (Å²) in [4.78, 5) is 39.1. The maximum absolute atomic E-state index is 12.2. The van der Waals surface area contributed by atoms with Gasteiger partial charge in [-0.15, -0.1) is 0 Å². The van der Waals surface area contributed by atoms with E-state index < -0.39 is 18.0 Å². The molecule has 0 aliphatic heterocycles. The largest absolute Gasteiger partial charge is 0.494 e. The molecule has 0 spiro atoms. The highest BCUT2D eigenvalue weighted by Crippen LogP contribution is 2.37. The summed E-state index contributed by atoms with van der Waals surface area (Å²) in [6.07, 6.45) is 0.811. The van der Waals surface area contributed by atoms with Crippen molar-refractivity contribution in [1.29, 1.82) is 0 Å². The lowest BCUT2D eigenvalue weighted by molar-refractivity contribution is -0.147. The van der Waals surface area contributed by atoms with Crippen molar-refractivity contribution in [1.82, 2.24) is 4.98 Å². The average molecular weight is 508 g/mol. The number of halogens is 1. The van der Waals surface area contributed by atoms with Crippen molar-refractivity contribution in [3.8, 4) is 23.0 Å². The van der Waals surface area contributed by atoms with E-state index in [0.717, 1.165) is 0 Å². The van der Waals surface area contributed by atoms with Gasteiger partial charge in [0.05, 0.1) is 29.0 Å². The molecule has 1 aromatic heterocycles. The molecule has 0 saturated carbocycles. The summed E-state index contributed by atoms with van der Waals surface area (Å²) in [5, 5.41) is 14.4. The summed E-state index contributed by atoms with van der Waals surface area (Å²) in [7, 11) is 1.38. The zero-order valence-corrected chi connectivity index (χ0v) is 19.4. The van der Waals surface area contributed by atoms with Gasteiger partial charge in [-0.25, -0.2) is 9.59 Å². The number of carbonyl (C=O) groups excluding carboxylic acids is 2. The molecule has 0 aliphatic rings. The van der Waals surface area contributed by atoms with Gasteiger partial charge in [0.15, 0.2) is 0 Å². The molecule has 11 heteroatoms. The number of methoxy groups -OCH3 is 1. The number of ether oxygens (including phenoxy) is 3. The molecule has 0 radical (unpaired) electrons. The Hall–Kier alpha value is -4.83. The maximum atomic E-state index is 12.2. The highest BCUT2D eigenvalue weighted by molar-refractivity contribution is 6.36. The number of rotatable bonds is 6. The fraction of sp³-hybridized carbons (Fsp3) is 0.0400. The lowest BCUT2D eigenvalue weighted by atomic mass is 10.1. The highest BCUT2D eigenvalue weighted by Gasteiger charge is 2.17. The van der Waals surface area contributed by atoms with Crippen molar-refractivity contribution in [3.63, 3.8) is 0 Å². The number of benzene rings is 3. The summed E-state index contributed by atoms with van der Waals surface area (Å²) in [6, 6.07) is 17.8. The maximum Gasteiger partial charge on any atom is 0.417 e. The third-order valence-corrected chi connectivity index (χ3v) is 5.14. The second kappa shape index (κ2) is 10.6. The molecule has 4 aromatic rings. The van der Waals surface area contributed by atoms with Crippen LogP contribution in [0.25, 0.3) is 10.9 Å². The van der Waals surface area contributed by atoms with E-state index in [1.807, 2.05) is 0 Å². The molecular weight excluding hydrogens is 490 g/mol. The molecule has 0 saturated heterocycles. The van der Waals surface area contributed by atoms with Crippen LogP contribution in [0.2, 0.25) is 5.02 Å². The van der Waals surface area contributed by atoms with E-state index in [9.17, 15) is 14.4 Å². The molecule has 3 N–H and O–H groups in total. The van der Waals surface area contributed by atoms with Gasteiger partial charge < -0.3 is 24.6 Å². The van der Waals surface area contributed by atoms with E-state index in [2.05, 4.69) is 15.6 Å². The number of fused-ring (bicyclic) bond motifs is 1. The van der Waals surface area contributed by atoms with Gasteiger partial charge in [-0.3, -0.25) is 15.1 Å². The highest BCUT2D eigenvalue weighted by atomic mass is 35.5. The van der Waals surface area contributed by atoms with Gasteiger partial charge in [-0.05, 0) is 36.4 Å². The third kappa shape index (κ3) is 5.62. The third-order valence-electron chi connectivity index (χ3n) is 4.82. The van der Waals surface area contributed by atoms with Crippen molar-refractivity contribution in [3.05, 3.63) is 77.9 Å². The first kappa shape index (κ1) is 24.3. The Morgan fingerprint density at radius 1 is 0.889 bits per heavy atom. The second-order valence-electron chi connectivity index (χ2n) is 7.21. The topological polar surface area (TPSA) is 136 Å². The van der Waals surface area contributed by atoms with Crippen LogP contribution in [0.1, 0.15) is 0 Å². The Morgan fingerprint density at radius 3 is 2.36 bits per heavy atom. The smallest absolute Gasteiger partial charge is 0.417 e. The first-order chi connectivity index (χ1) is 17.3. The predicted molar refractivity (Wildman–Crippen MR) is 132 cm³/mol. The molecule has 0 fully saturated rings. The summed E-state index contributed by atoms with van der Waals surface area (Å²) in [6.45, 7) is 0. The molecule has 0 bridgehead atoms. The number of pyridine rings is 1. The van der Waals surface area contributed by atoms with Crippen LogP contribution in [0.4, 0.5) is 16.2 Å². The quantitative estimate of drug-likeness (QED) is 0.298. The van der Waals surface area contributed by atoms with Crippen LogP contribution in [0.15, 0.2) is 72.9 Å². The van der Waals surface area contributed by atoms with Gasteiger partial charge in [0, 0.05) is 23.7 Å². The van der Waals surface area contributed by atoms with Gasteiger partial charge >= 0.3 is 18.0 Å². The Kier molecular flexibility index (Phi) is 7.17. The number of nitrogens with zero attached hydrogens (tertiary/aromatic N) is 1. The SMILES string of the molecule is COc1cc2nccc(Oc3ccc(NC(=O)Oc4ccccc4)c(Cl)c3)c2cc1NC(=O)C(=O)O. The van der Waals surface area contributed by atoms with Crippen LogP contribution in [-0.2, 0) is 9.59 Å². The van der Waals surface area contributed by atoms with Gasteiger partial charge in [-0.2, -0.15) is 0 Å². The molecule has 0 unspecified atom stereocenters. The monoisotopic (exact) mass is 507 g/mol. The van der Waals surface area contributed by atoms with Crippen LogP contribution in [0, 0.1) is 0 Å². The number of amides is 2. The van der Waals surface area contributed by atoms with E-state index in [4.69, 9.17) is 30.9 Å². The average Bonchev–Trinajstić information content (AvgIpc) is 2.86. The number of nitrogens with one attached hydrogen (secondary N) is 2. The van der Waals surface area contributed by atoms with Crippen LogP contribution >= 0.6 is 11.6 Å². The van der Waals surface area contributed by atoms with Crippen molar-refractivity contribution in [2.24, 2.45) is 0 Å². The van der Waals surface area contributed by atoms with Crippen molar-refractivity contribution < 1.29 is 33.7 Å². The minimum atomic E-state index is -1.64. The lowest BCUT2D eigenvalue weighted by Crippen LogP contribution is -2.22. The fourth-order valence-corrected chi connectivity index (χ4v) is 3.42. The summed E-state index contributed by atoms with van der Waals surface area (Å²) >= 11 is 6.33. The molecule has 1 heterocycles. The minimum Gasteiger partial charge on any atom is -0.494 e. The van der Waals surface area contributed by atoms with Crippen LogP contribution < -0.4 is 24.8 Å². The van der Waals surface area contributed by atoms with Crippen molar-refractivity contribution in [2.75, 3.05) is 17.7 Å². The second-order valence-corrected chi connectivity index (χ2v) is 7.62. The number of anilines is 2. The normalized spacial score (nSPS) is 10.4. The number of para-hydroxylation sites is 1. The molecule has 2 amide bonds. The number of aromatic nitrogens is 1. The van der Waals surface area contributed by atoms with E-state index in [0.29, 0.717) is 33.8 Å². The summed E-state index contributed by atoms with van der Waals surface area (Å²) < 4.78 is 16.4. The number of carboxylic acid groups (broad SMARTS) is 1. The zero-order valence-electron chi connectivity index (χ0n) is 18.7. The molecule has 10 nitrogen and oxygen atoms in total. The number of carboxylic acids is 1. The van der Waals surface area contributed by atoms with Gasteiger partial charge in [0.1, 0.15) is 23.0 Å². The first-order valence-electron chi connectivity index (χ1n) is 10.4. The number of hydrogen-bond donors (Lipinski definition) is 3.